The topological polar surface area (TPSA) is 66.6 Å². The van der Waals surface area contributed by atoms with Crippen LogP contribution < -0.4 is 5.73 Å². The normalized spacial score (nSPS) is 10.0. The number of benzene rings is 1. The van der Waals surface area contributed by atoms with Crippen molar-refractivity contribution in [1.29, 1.82) is 0 Å². The molecule has 0 heterocycles. The Morgan fingerprint density at radius 2 is 2.28 bits per heavy atom. The maximum atomic E-state index is 13.7. The van der Waals surface area contributed by atoms with Crippen molar-refractivity contribution in [3.63, 3.8) is 0 Å². The highest BCUT2D eigenvalue weighted by atomic mass is 19.1. The van der Waals surface area contributed by atoms with E-state index in [0.29, 0.717) is 17.7 Å². The minimum Gasteiger partial charge on any atom is -0.384 e. The van der Waals surface area contributed by atoms with Crippen molar-refractivity contribution in [2.45, 2.75) is 6.54 Å². The third kappa shape index (κ3) is 4.53. The molecular formula is C13H15FN2O2. The lowest BCUT2D eigenvalue weighted by molar-refractivity contribution is -0.118. The Balaban J connectivity index is 2.76. The number of hydrogen-bond acceptors (Lipinski definition) is 3. The van der Waals surface area contributed by atoms with Crippen LogP contribution in [0.5, 0.6) is 0 Å². The van der Waals surface area contributed by atoms with E-state index in [-0.39, 0.29) is 13.2 Å². The fraction of sp³-hybridized carbons (Fsp3) is 0.308. The third-order valence-electron chi connectivity index (χ3n) is 2.23. The molecule has 1 rings (SSSR count). The average molecular weight is 250 g/mol. The van der Waals surface area contributed by atoms with Gasteiger partial charge in [0.2, 0.25) is 5.91 Å². The SMILES string of the molecule is CN(CC(N)=O)Cc1ccc(C#CCO)cc1F. The van der Waals surface area contributed by atoms with Crippen LogP contribution in [0.4, 0.5) is 4.39 Å². The summed E-state index contributed by atoms with van der Waals surface area (Å²) in [6.45, 7) is 0.110. The molecule has 1 amide bonds. The highest BCUT2D eigenvalue weighted by Crippen LogP contribution is 2.11. The molecule has 18 heavy (non-hydrogen) atoms. The number of primary amides is 1. The van der Waals surface area contributed by atoms with Crippen molar-refractivity contribution in [2.24, 2.45) is 5.73 Å². The van der Waals surface area contributed by atoms with E-state index >= 15 is 0 Å². The van der Waals surface area contributed by atoms with Crippen molar-refractivity contribution in [3.8, 4) is 11.8 Å². The molecule has 0 spiro atoms. The van der Waals surface area contributed by atoms with E-state index in [1.165, 1.54) is 6.07 Å². The lowest BCUT2D eigenvalue weighted by Crippen LogP contribution is -2.30. The van der Waals surface area contributed by atoms with Gasteiger partial charge in [-0.05, 0) is 19.2 Å². The van der Waals surface area contributed by atoms with Gasteiger partial charge >= 0.3 is 0 Å². The lowest BCUT2D eigenvalue weighted by Gasteiger charge is -2.14. The summed E-state index contributed by atoms with van der Waals surface area (Å²) >= 11 is 0. The van der Waals surface area contributed by atoms with E-state index in [1.807, 2.05) is 0 Å². The van der Waals surface area contributed by atoms with Gasteiger partial charge in [-0.25, -0.2) is 4.39 Å². The number of amides is 1. The van der Waals surface area contributed by atoms with Crippen molar-refractivity contribution < 1.29 is 14.3 Å². The summed E-state index contributed by atoms with van der Waals surface area (Å²) in [6.07, 6.45) is 0. The maximum absolute atomic E-state index is 13.7. The summed E-state index contributed by atoms with van der Waals surface area (Å²) in [7, 11) is 1.68. The maximum Gasteiger partial charge on any atom is 0.231 e. The first kappa shape index (κ1) is 14.2. The van der Waals surface area contributed by atoms with Crippen LogP contribution in [0.15, 0.2) is 18.2 Å². The summed E-state index contributed by atoms with van der Waals surface area (Å²) in [5, 5.41) is 8.54. The molecule has 4 nitrogen and oxygen atoms in total. The summed E-state index contributed by atoms with van der Waals surface area (Å²) in [5.41, 5.74) is 6.02. The number of hydrogen-bond donors (Lipinski definition) is 2. The Morgan fingerprint density at radius 3 is 2.83 bits per heavy atom. The van der Waals surface area contributed by atoms with Crippen LogP contribution in [0.3, 0.4) is 0 Å². The Morgan fingerprint density at radius 1 is 1.56 bits per heavy atom. The summed E-state index contributed by atoms with van der Waals surface area (Å²) in [5.74, 6) is 4.22. The average Bonchev–Trinajstić information content (AvgIpc) is 2.28. The molecule has 5 heteroatoms. The smallest absolute Gasteiger partial charge is 0.231 e. The van der Waals surface area contributed by atoms with Gasteiger partial charge in [0.15, 0.2) is 0 Å². The number of rotatable bonds is 4. The van der Waals surface area contributed by atoms with Crippen LogP contribution in [0.25, 0.3) is 0 Å². The second kappa shape index (κ2) is 6.74. The van der Waals surface area contributed by atoms with Crippen LogP contribution in [0.1, 0.15) is 11.1 Å². The molecular weight excluding hydrogens is 235 g/mol. The van der Waals surface area contributed by atoms with E-state index in [0.717, 1.165) is 0 Å². The molecule has 0 aliphatic heterocycles. The first-order chi connectivity index (χ1) is 8.52. The van der Waals surface area contributed by atoms with Gasteiger partial charge in [0, 0.05) is 17.7 Å². The standard InChI is InChI=1S/C13H15FN2O2/c1-16(9-13(15)18)8-11-5-4-10(3-2-6-17)7-12(11)14/h4-5,7,17H,6,8-9H2,1H3,(H2,15,18). The van der Waals surface area contributed by atoms with E-state index in [2.05, 4.69) is 11.8 Å². The Kier molecular flexibility index (Phi) is 5.31. The molecule has 0 saturated heterocycles. The van der Waals surface area contributed by atoms with Crippen LogP contribution >= 0.6 is 0 Å². The molecule has 0 fully saturated rings. The molecule has 0 aromatic heterocycles. The molecule has 0 atom stereocenters. The quantitative estimate of drug-likeness (QED) is 0.744. The second-order valence-corrected chi connectivity index (χ2v) is 3.90. The zero-order valence-electron chi connectivity index (χ0n) is 10.1. The van der Waals surface area contributed by atoms with Gasteiger partial charge in [0.25, 0.3) is 0 Å². The zero-order chi connectivity index (χ0) is 13.5. The molecule has 0 aliphatic rings. The number of nitrogens with zero attached hydrogens (tertiary/aromatic N) is 1. The molecule has 1 aromatic rings. The van der Waals surface area contributed by atoms with Gasteiger partial charge in [-0.2, -0.15) is 0 Å². The number of carbonyl (C=O) groups excluding carboxylic acids is 1. The van der Waals surface area contributed by atoms with Crippen LogP contribution in [0.2, 0.25) is 0 Å². The van der Waals surface area contributed by atoms with E-state index in [4.69, 9.17) is 10.8 Å². The first-order valence-electron chi connectivity index (χ1n) is 5.38. The van der Waals surface area contributed by atoms with Gasteiger partial charge in [-0.15, -0.1) is 0 Å². The van der Waals surface area contributed by atoms with Crippen LogP contribution in [-0.4, -0.2) is 36.1 Å². The van der Waals surface area contributed by atoms with Crippen molar-refractivity contribution in [2.75, 3.05) is 20.2 Å². The number of halogens is 1. The van der Waals surface area contributed by atoms with E-state index in [9.17, 15) is 9.18 Å². The van der Waals surface area contributed by atoms with Gasteiger partial charge in [-0.1, -0.05) is 17.9 Å². The highest BCUT2D eigenvalue weighted by Gasteiger charge is 2.08. The van der Waals surface area contributed by atoms with Gasteiger partial charge in [0.1, 0.15) is 12.4 Å². The Hall–Kier alpha value is -1.90. The molecule has 0 unspecified atom stereocenters. The predicted octanol–water partition coefficient (Wildman–Crippen LogP) is 0.0866. The molecule has 3 N–H and O–H groups in total. The molecule has 96 valence electrons. The molecule has 0 saturated carbocycles. The molecule has 1 aromatic carbocycles. The van der Waals surface area contributed by atoms with Gasteiger partial charge in [0.05, 0.1) is 6.54 Å². The fourth-order valence-electron chi connectivity index (χ4n) is 1.51. The molecule has 0 radical (unpaired) electrons. The van der Waals surface area contributed by atoms with E-state index < -0.39 is 11.7 Å². The molecule has 0 bridgehead atoms. The van der Waals surface area contributed by atoms with Crippen LogP contribution in [0, 0.1) is 17.7 Å². The van der Waals surface area contributed by atoms with Crippen LogP contribution in [-0.2, 0) is 11.3 Å². The number of carbonyl (C=O) groups is 1. The first-order valence-corrected chi connectivity index (χ1v) is 5.38. The Labute approximate surface area is 105 Å². The monoisotopic (exact) mass is 250 g/mol. The predicted molar refractivity (Wildman–Crippen MR) is 65.9 cm³/mol. The van der Waals surface area contributed by atoms with E-state index in [1.54, 1.807) is 24.1 Å². The summed E-state index contributed by atoms with van der Waals surface area (Å²) < 4.78 is 13.7. The second-order valence-electron chi connectivity index (χ2n) is 3.90. The van der Waals surface area contributed by atoms with Crippen molar-refractivity contribution >= 4 is 5.91 Å². The minimum absolute atomic E-state index is 0.0749. The number of aliphatic hydroxyl groups is 1. The third-order valence-corrected chi connectivity index (χ3v) is 2.23. The summed E-state index contributed by atoms with van der Waals surface area (Å²) in [4.78, 5) is 12.3. The van der Waals surface area contributed by atoms with Crippen molar-refractivity contribution in [3.05, 3.63) is 35.1 Å². The number of aliphatic hydroxyl groups excluding tert-OH is 1. The fourth-order valence-corrected chi connectivity index (χ4v) is 1.51. The summed E-state index contributed by atoms with van der Waals surface area (Å²) in [6, 6.07) is 4.57. The number of likely N-dealkylation sites (N-methyl/N-ethyl adjacent to an activating group) is 1. The minimum atomic E-state index is -0.455. The van der Waals surface area contributed by atoms with Gasteiger partial charge in [-0.3, -0.25) is 9.69 Å². The molecule has 0 aliphatic carbocycles. The van der Waals surface area contributed by atoms with Crippen molar-refractivity contribution in [1.82, 2.24) is 4.90 Å². The lowest BCUT2D eigenvalue weighted by atomic mass is 10.1. The number of nitrogens with two attached hydrogens (primary N) is 1. The highest BCUT2D eigenvalue weighted by molar-refractivity contribution is 5.75. The zero-order valence-corrected chi connectivity index (χ0v) is 10.1. The Bertz CT molecular complexity index is 491. The van der Waals surface area contributed by atoms with Gasteiger partial charge < -0.3 is 10.8 Å². The largest absolute Gasteiger partial charge is 0.384 e.